The normalized spacial score (nSPS) is 11.6. The molecule has 76 valence electrons. The quantitative estimate of drug-likeness (QED) is 0.314. The van der Waals surface area contributed by atoms with Gasteiger partial charge in [0.1, 0.15) is 0 Å². The third-order valence-corrected chi connectivity index (χ3v) is 2.15. The SMILES string of the molecule is Cc1cccc(/C(N)=N/N(C)N)c1C. The lowest BCUT2D eigenvalue weighted by molar-refractivity contribution is 0.371. The Balaban J connectivity index is 3.13. The number of aryl methyl sites for hydroxylation is 1. The fourth-order valence-corrected chi connectivity index (χ4v) is 1.25. The van der Waals surface area contributed by atoms with E-state index in [-0.39, 0.29) is 0 Å². The zero-order chi connectivity index (χ0) is 10.7. The fourth-order valence-electron chi connectivity index (χ4n) is 1.25. The molecular formula is C10H16N4. The molecule has 0 atom stereocenters. The molecule has 0 saturated carbocycles. The van der Waals surface area contributed by atoms with Crippen molar-refractivity contribution in [2.75, 3.05) is 7.05 Å². The van der Waals surface area contributed by atoms with Gasteiger partial charge < -0.3 is 5.73 Å². The molecule has 4 heteroatoms. The van der Waals surface area contributed by atoms with Crippen LogP contribution in [-0.4, -0.2) is 18.0 Å². The van der Waals surface area contributed by atoms with Gasteiger partial charge in [0.2, 0.25) is 0 Å². The molecule has 0 radical (unpaired) electrons. The van der Waals surface area contributed by atoms with Crippen molar-refractivity contribution < 1.29 is 0 Å². The van der Waals surface area contributed by atoms with Gasteiger partial charge in [-0.05, 0) is 25.0 Å². The van der Waals surface area contributed by atoms with Crippen LogP contribution in [0.2, 0.25) is 0 Å². The first-order chi connectivity index (χ1) is 6.52. The van der Waals surface area contributed by atoms with Gasteiger partial charge in [-0.3, -0.25) is 0 Å². The molecule has 0 unspecified atom stereocenters. The Morgan fingerprint density at radius 3 is 2.57 bits per heavy atom. The summed E-state index contributed by atoms with van der Waals surface area (Å²) in [6, 6.07) is 5.93. The summed E-state index contributed by atoms with van der Waals surface area (Å²) in [6.07, 6.45) is 0. The van der Waals surface area contributed by atoms with Crippen LogP contribution < -0.4 is 11.6 Å². The molecule has 0 aliphatic rings. The summed E-state index contributed by atoms with van der Waals surface area (Å²) in [7, 11) is 1.64. The van der Waals surface area contributed by atoms with E-state index in [4.69, 9.17) is 11.6 Å². The van der Waals surface area contributed by atoms with Gasteiger partial charge in [0.15, 0.2) is 5.84 Å². The average molecular weight is 192 g/mol. The van der Waals surface area contributed by atoms with Gasteiger partial charge in [-0.25, -0.2) is 11.0 Å². The van der Waals surface area contributed by atoms with Crippen LogP contribution in [0.15, 0.2) is 23.3 Å². The van der Waals surface area contributed by atoms with E-state index in [1.54, 1.807) is 7.05 Å². The number of hydrogen-bond acceptors (Lipinski definition) is 3. The summed E-state index contributed by atoms with van der Waals surface area (Å²) in [5.41, 5.74) is 9.06. The maximum Gasteiger partial charge on any atom is 0.152 e. The largest absolute Gasteiger partial charge is 0.382 e. The smallest absolute Gasteiger partial charge is 0.152 e. The maximum absolute atomic E-state index is 5.79. The Morgan fingerprint density at radius 2 is 2.00 bits per heavy atom. The van der Waals surface area contributed by atoms with E-state index in [2.05, 4.69) is 5.10 Å². The first-order valence-corrected chi connectivity index (χ1v) is 4.41. The topological polar surface area (TPSA) is 67.6 Å². The molecule has 0 aliphatic heterocycles. The molecule has 0 heterocycles. The molecule has 0 spiro atoms. The summed E-state index contributed by atoms with van der Waals surface area (Å²) in [5, 5.41) is 5.16. The Hall–Kier alpha value is -1.55. The molecule has 1 rings (SSSR count). The molecule has 1 aromatic rings. The zero-order valence-corrected chi connectivity index (χ0v) is 8.78. The van der Waals surface area contributed by atoms with Crippen molar-refractivity contribution >= 4 is 5.84 Å². The number of benzene rings is 1. The Labute approximate surface area is 84.2 Å². The minimum Gasteiger partial charge on any atom is -0.382 e. The standard InChI is InChI=1S/C10H16N4/c1-7-5-4-6-9(8(7)2)10(11)13-14(3)12/h4-6H,12H2,1-3H3,(H2,11,13). The highest BCUT2D eigenvalue weighted by Crippen LogP contribution is 2.12. The van der Waals surface area contributed by atoms with Crippen molar-refractivity contribution in [2.24, 2.45) is 16.7 Å². The van der Waals surface area contributed by atoms with Gasteiger partial charge in [0, 0.05) is 12.6 Å². The summed E-state index contributed by atoms with van der Waals surface area (Å²) in [5.74, 6) is 5.83. The summed E-state index contributed by atoms with van der Waals surface area (Å²) >= 11 is 0. The van der Waals surface area contributed by atoms with Crippen molar-refractivity contribution in [3.05, 3.63) is 34.9 Å². The second-order valence-electron chi connectivity index (χ2n) is 3.31. The van der Waals surface area contributed by atoms with Crippen LogP contribution in [0.1, 0.15) is 16.7 Å². The Kier molecular flexibility index (Phi) is 3.09. The van der Waals surface area contributed by atoms with Crippen molar-refractivity contribution in [3.63, 3.8) is 0 Å². The van der Waals surface area contributed by atoms with E-state index in [0.29, 0.717) is 5.84 Å². The molecule has 0 amide bonds. The van der Waals surface area contributed by atoms with Crippen molar-refractivity contribution in [3.8, 4) is 0 Å². The van der Waals surface area contributed by atoms with Crippen LogP contribution in [0.25, 0.3) is 0 Å². The minimum absolute atomic E-state index is 0.441. The molecule has 4 N–H and O–H groups in total. The van der Waals surface area contributed by atoms with Gasteiger partial charge in [0.25, 0.3) is 0 Å². The maximum atomic E-state index is 5.79. The Bertz CT molecular complexity index is 355. The van der Waals surface area contributed by atoms with Crippen LogP contribution in [0.3, 0.4) is 0 Å². The van der Waals surface area contributed by atoms with Crippen LogP contribution in [0.4, 0.5) is 0 Å². The van der Waals surface area contributed by atoms with E-state index in [0.717, 1.165) is 11.1 Å². The first-order valence-electron chi connectivity index (χ1n) is 4.41. The highest BCUT2D eigenvalue weighted by Gasteiger charge is 2.04. The zero-order valence-electron chi connectivity index (χ0n) is 8.78. The highest BCUT2D eigenvalue weighted by atomic mass is 15.6. The average Bonchev–Trinajstić information content (AvgIpc) is 2.08. The highest BCUT2D eigenvalue weighted by molar-refractivity contribution is 5.98. The summed E-state index contributed by atoms with van der Waals surface area (Å²) in [6.45, 7) is 4.06. The van der Waals surface area contributed by atoms with Crippen LogP contribution in [0, 0.1) is 13.8 Å². The van der Waals surface area contributed by atoms with E-state index in [1.807, 2.05) is 32.0 Å². The molecule has 14 heavy (non-hydrogen) atoms. The Morgan fingerprint density at radius 1 is 1.36 bits per heavy atom. The number of rotatable bonds is 2. The molecule has 0 aromatic heterocycles. The first kappa shape index (κ1) is 10.5. The lowest BCUT2D eigenvalue weighted by Crippen LogP contribution is -2.26. The monoisotopic (exact) mass is 192 g/mol. The fraction of sp³-hybridized carbons (Fsp3) is 0.300. The molecule has 4 nitrogen and oxygen atoms in total. The lowest BCUT2D eigenvalue weighted by atomic mass is 10.0. The van der Waals surface area contributed by atoms with Gasteiger partial charge in [-0.2, -0.15) is 0 Å². The predicted molar refractivity (Wildman–Crippen MR) is 58.6 cm³/mol. The molecular weight excluding hydrogens is 176 g/mol. The summed E-state index contributed by atoms with van der Waals surface area (Å²) in [4.78, 5) is 0. The van der Waals surface area contributed by atoms with E-state index >= 15 is 0 Å². The number of nitrogens with zero attached hydrogens (tertiary/aromatic N) is 2. The van der Waals surface area contributed by atoms with Crippen molar-refractivity contribution in [1.29, 1.82) is 0 Å². The van der Waals surface area contributed by atoms with Crippen LogP contribution in [-0.2, 0) is 0 Å². The number of hydrogen-bond donors (Lipinski definition) is 2. The summed E-state index contributed by atoms with van der Waals surface area (Å²) < 4.78 is 0. The van der Waals surface area contributed by atoms with Gasteiger partial charge in [-0.15, -0.1) is 5.10 Å². The van der Waals surface area contributed by atoms with E-state index < -0.39 is 0 Å². The number of amidine groups is 1. The van der Waals surface area contributed by atoms with Crippen LogP contribution in [0.5, 0.6) is 0 Å². The second kappa shape index (κ2) is 4.11. The third-order valence-electron chi connectivity index (χ3n) is 2.15. The van der Waals surface area contributed by atoms with E-state index in [1.165, 1.54) is 10.7 Å². The molecule has 0 aliphatic carbocycles. The number of hydrazine groups is 1. The molecule has 1 aromatic carbocycles. The minimum atomic E-state index is 0.441. The van der Waals surface area contributed by atoms with Crippen molar-refractivity contribution in [2.45, 2.75) is 13.8 Å². The number of nitrogens with two attached hydrogens (primary N) is 2. The van der Waals surface area contributed by atoms with Crippen molar-refractivity contribution in [1.82, 2.24) is 5.12 Å². The van der Waals surface area contributed by atoms with E-state index in [9.17, 15) is 0 Å². The predicted octanol–water partition coefficient (Wildman–Crippen LogP) is 0.729. The van der Waals surface area contributed by atoms with Crippen LogP contribution >= 0.6 is 0 Å². The number of hydrazone groups is 1. The lowest BCUT2D eigenvalue weighted by Gasteiger charge is -2.10. The molecule has 0 bridgehead atoms. The second-order valence-corrected chi connectivity index (χ2v) is 3.31. The molecule has 0 fully saturated rings. The van der Waals surface area contributed by atoms with Gasteiger partial charge in [0.05, 0.1) is 0 Å². The van der Waals surface area contributed by atoms with Gasteiger partial charge >= 0.3 is 0 Å². The van der Waals surface area contributed by atoms with Gasteiger partial charge in [-0.1, -0.05) is 18.2 Å². The third kappa shape index (κ3) is 2.23. The molecule has 0 saturated heterocycles.